The maximum absolute atomic E-state index is 15.2. The Morgan fingerprint density at radius 1 is 1.22 bits per heavy atom. The van der Waals surface area contributed by atoms with Crippen LogP contribution in [0.1, 0.15) is 58.7 Å². The number of hydrogen-bond acceptors (Lipinski definition) is 2. The summed E-state index contributed by atoms with van der Waals surface area (Å²) in [5.41, 5.74) is 2.60. The van der Waals surface area contributed by atoms with Crippen molar-refractivity contribution in [2.45, 2.75) is 37.0 Å². The number of nitrogens with zero attached hydrogens (tertiary/aromatic N) is 3. The Labute approximate surface area is 160 Å². The van der Waals surface area contributed by atoms with Crippen LogP contribution in [-0.4, -0.2) is 27.4 Å². The van der Waals surface area contributed by atoms with Crippen LogP contribution in [0.4, 0.5) is 4.39 Å². The standard InChI is InChI=1S/C21H17ClFN3O/c1-25-17-10-16(26-15-9-11(22)5-6-14(15)24-19(17)26)18-12(20(25)27)3-2-4-13(18)21(23)7-8-21/h2-6,9,16-17H,7-8,10H2,1H3/t16-,17-/m1/s1. The summed E-state index contributed by atoms with van der Waals surface area (Å²) < 4.78 is 17.4. The van der Waals surface area contributed by atoms with E-state index in [2.05, 4.69) is 4.57 Å². The van der Waals surface area contributed by atoms with Gasteiger partial charge in [-0.1, -0.05) is 23.7 Å². The highest BCUT2D eigenvalue weighted by molar-refractivity contribution is 6.31. The van der Waals surface area contributed by atoms with E-state index in [-0.39, 0.29) is 18.0 Å². The first-order valence-electron chi connectivity index (χ1n) is 9.25. The van der Waals surface area contributed by atoms with Gasteiger partial charge in [-0.2, -0.15) is 0 Å². The molecule has 3 heterocycles. The molecule has 0 spiro atoms. The Hall–Kier alpha value is -2.40. The van der Waals surface area contributed by atoms with Gasteiger partial charge in [0.1, 0.15) is 11.5 Å². The lowest BCUT2D eigenvalue weighted by molar-refractivity contribution is 0.0734. The third-order valence-corrected chi connectivity index (χ3v) is 6.60. The van der Waals surface area contributed by atoms with Gasteiger partial charge in [-0.05, 0) is 48.2 Å². The molecule has 0 unspecified atom stereocenters. The Morgan fingerprint density at radius 2 is 2.04 bits per heavy atom. The summed E-state index contributed by atoms with van der Waals surface area (Å²) in [5, 5.41) is 0.645. The first-order chi connectivity index (χ1) is 13.0. The van der Waals surface area contributed by atoms with Crippen LogP contribution in [0.25, 0.3) is 11.0 Å². The number of hydrogen-bond donors (Lipinski definition) is 0. The predicted octanol–water partition coefficient (Wildman–Crippen LogP) is 4.77. The van der Waals surface area contributed by atoms with E-state index in [9.17, 15) is 4.79 Å². The van der Waals surface area contributed by atoms with Gasteiger partial charge < -0.3 is 9.47 Å². The van der Waals surface area contributed by atoms with Crippen molar-refractivity contribution in [3.05, 3.63) is 63.9 Å². The number of fused-ring (bicyclic) bond motifs is 9. The zero-order valence-electron chi connectivity index (χ0n) is 14.7. The molecule has 2 bridgehead atoms. The summed E-state index contributed by atoms with van der Waals surface area (Å²) in [6.45, 7) is 0. The number of rotatable bonds is 1. The molecule has 27 heavy (non-hydrogen) atoms. The first-order valence-corrected chi connectivity index (χ1v) is 9.62. The second-order valence-electron chi connectivity index (χ2n) is 7.89. The molecule has 1 aromatic heterocycles. The van der Waals surface area contributed by atoms with Gasteiger partial charge in [0.15, 0.2) is 0 Å². The minimum atomic E-state index is -1.30. The van der Waals surface area contributed by atoms with Gasteiger partial charge in [-0.3, -0.25) is 4.79 Å². The molecule has 0 saturated heterocycles. The Bertz CT molecular complexity index is 1150. The molecule has 4 nitrogen and oxygen atoms in total. The second-order valence-corrected chi connectivity index (χ2v) is 8.32. The third kappa shape index (κ3) is 1.93. The zero-order valence-corrected chi connectivity index (χ0v) is 15.5. The molecule has 6 rings (SSSR count). The minimum absolute atomic E-state index is 0.0556. The van der Waals surface area contributed by atoms with Crippen molar-refractivity contribution >= 4 is 28.5 Å². The fourth-order valence-corrected chi connectivity index (χ4v) is 5.03. The van der Waals surface area contributed by atoms with E-state index in [1.165, 1.54) is 0 Å². The van der Waals surface area contributed by atoms with E-state index in [1.54, 1.807) is 4.90 Å². The number of carbonyl (C=O) groups excluding carboxylic acids is 1. The lowest BCUT2D eigenvalue weighted by Gasteiger charge is -2.25. The molecular formula is C21H17ClFN3O. The van der Waals surface area contributed by atoms with Crippen molar-refractivity contribution in [2.75, 3.05) is 7.05 Å². The highest BCUT2D eigenvalue weighted by Crippen LogP contribution is 2.56. The van der Waals surface area contributed by atoms with Crippen LogP contribution < -0.4 is 0 Å². The summed E-state index contributed by atoms with van der Waals surface area (Å²) in [5.74, 6) is 0.803. The molecule has 0 radical (unpaired) electrons. The lowest BCUT2D eigenvalue weighted by atomic mass is 9.90. The highest BCUT2D eigenvalue weighted by Gasteiger charge is 2.51. The van der Waals surface area contributed by atoms with Crippen LogP contribution in [0, 0.1) is 0 Å². The summed E-state index contributed by atoms with van der Waals surface area (Å²) in [4.78, 5) is 19.7. The van der Waals surface area contributed by atoms with Crippen molar-refractivity contribution in [1.82, 2.24) is 14.5 Å². The van der Waals surface area contributed by atoms with Crippen molar-refractivity contribution in [1.29, 1.82) is 0 Å². The van der Waals surface area contributed by atoms with Gasteiger partial charge in [0.2, 0.25) is 0 Å². The summed E-state index contributed by atoms with van der Waals surface area (Å²) in [6.07, 6.45) is 1.76. The van der Waals surface area contributed by atoms with Crippen LogP contribution in [0.3, 0.4) is 0 Å². The summed E-state index contributed by atoms with van der Waals surface area (Å²) >= 11 is 6.25. The third-order valence-electron chi connectivity index (χ3n) is 6.36. The Morgan fingerprint density at radius 3 is 2.81 bits per heavy atom. The molecule has 1 fully saturated rings. The van der Waals surface area contributed by atoms with Gasteiger partial charge in [-0.25, -0.2) is 9.37 Å². The second kappa shape index (κ2) is 4.90. The number of carbonyl (C=O) groups is 1. The van der Waals surface area contributed by atoms with Crippen LogP contribution in [-0.2, 0) is 5.67 Å². The zero-order chi connectivity index (χ0) is 18.5. The van der Waals surface area contributed by atoms with E-state index in [0.717, 1.165) is 22.4 Å². The minimum Gasteiger partial charge on any atom is -0.331 e. The molecule has 1 saturated carbocycles. The number of aromatic nitrogens is 2. The highest BCUT2D eigenvalue weighted by atomic mass is 35.5. The van der Waals surface area contributed by atoms with Gasteiger partial charge in [0, 0.05) is 24.1 Å². The quantitative estimate of drug-likeness (QED) is 0.609. The van der Waals surface area contributed by atoms with E-state index >= 15 is 4.39 Å². The average molecular weight is 382 g/mol. The fourth-order valence-electron chi connectivity index (χ4n) is 4.86. The van der Waals surface area contributed by atoms with Gasteiger partial charge in [0.05, 0.1) is 23.1 Å². The van der Waals surface area contributed by atoms with Crippen molar-refractivity contribution in [3.8, 4) is 0 Å². The number of alkyl halides is 1. The van der Waals surface area contributed by atoms with Crippen molar-refractivity contribution in [2.24, 2.45) is 0 Å². The largest absolute Gasteiger partial charge is 0.331 e. The van der Waals surface area contributed by atoms with Crippen molar-refractivity contribution < 1.29 is 9.18 Å². The number of amides is 1. The van der Waals surface area contributed by atoms with Gasteiger partial charge in [-0.15, -0.1) is 0 Å². The molecule has 136 valence electrons. The molecule has 6 heteroatoms. The maximum atomic E-state index is 15.2. The SMILES string of the molecule is CN1C(=O)c2cccc(C3(F)CC3)c2[C@H]2C[C@@H]1c1nc3ccc(Cl)cc3n12. The number of imidazole rings is 1. The van der Waals surface area contributed by atoms with E-state index in [0.29, 0.717) is 35.4 Å². The van der Waals surface area contributed by atoms with Gasteiger partial charge in [0.25, 0.3) is 5.91 Å². The fraction of sp³-hybridized carbons (Fsp3) is 0.333. The van der Waals surface area contributed by atoms with E-state index in [4.69, 9.17) is 16.6 Å². The smallest absolute Gasteiger partial charge is 0.254 e. The Balaban J connectivity index is 1.70. The number of benzene rings is 2. The molecular weight excluding hydrogens is 365 g/mol. The molecule has 3 aromatic rings. The molecule has 1 amide bonds. The molecule has 2 aliphatic heterocycles. The molecule has 0 N–H and O–H groups in total. The molecule has 1 aliphatic carbocycles. The van der Waals surface area contributed by atoms with Crippen LogP contribution >= 0.6 is 11.6 Å². The lowest BCUT2D eigenvalue weighted by Crippen LogP contribution is -2.31. The van der Waals surface area contributed by atoms with E-state index in [1.807, 2.05) is 43.4 Å². The molecule has 3 aliphatic rings. The first kappa shape index (κ1) is 15.6. The van der Waals surface area contributed by atoms with Crippen LogP contribution in [0.15, 0.2) is 36.4 Å². The Kier molecular flexibility index (Phi) is 2.84. The topological polar surface area (TPSA) is 38.1 Å². The average Bonchev–Trinajstić information content (AvgIpc) is 3.19. The predicted molar refractivity (Wildman–Crippen MR) is 101 cm³/mol. The number of halogens is 2. The van der Waals surface area contributed by atoms with Crippen LogP contribution in [0.2, 0.25) is 5.02 Å². The van der Waals surface area contributed by atoms with Gasteiger partial charge >= 0.3 is 0 Å². The molecule has 2 aromatic carbocycles. The van der Waals surface area contributed by atoms with E-state index < -0.39 is 5.67 Å². The monoisotopic (exact) mass is 381 g/mol. The summed E-state index contributed by atoms with van der Waals surface area (Å²) in [6, 6.07) is 10.9. The maximum Gasteiger partial charge on any atom is 0.254 e. The molecule has 2 atom stereocenters. The van der Waals surface area contributed by atoms with Crippen LogP contribution in [0.5, 0.6) is 0 Å². The summed E-state index contributed by atoms with van der Waals surface area (Å²) in [7, 11) is 1.82. The normalized spacial score (nSPS) is 24.7. The van der Waals surface area contributed by atoms with Crippen molar-refractivity contribution in [3.63, 3.8) is 0 Å².